The molecule has 0 saturated heterocycles. The summed E-state index contributed by atoms with van der Waals surface area (Å²) in [6, 6.07) is 15.0. The summed E-state index contributed by atoms with van der Waals surface area (Å²) in [5.41, 5.74) is 5.88. The third-order valence-electron chi connectivity index (χ3n) is 6.66. The van der Waals surface area contributed by atoms with Gasteiger partial charge in [0.15, 0.2) is 23.0 Å². The summed E-state index contributed by atoms with van der Waals surface area (Å²) >= 11 is 0. The zero-order chi connectivity index (χ0) is 28.1. The van der Waals surface area contributed by atoms with Crippen LogP contribution in [0, 0.1) is 0 Å². The highest BCUT2D eigenvalue weighted by atomic mass is 16.5. The number of carboxylic acid groups (broad SMARTS) is 1. The van der Waals surface area contributed by atoms with Gasteiger partial charge in [0.1, 0.15) is 12.4 Å². The number of fused-ring (bicyclic) bond motifs is 1. The minimum atomic E-state index is -0.909. The van der Waals surface area contributed by atoms with E-state index in [0.29, 0.717) is 35.4 Å². The molecule has 8 nitrogen and oxygen atoms in total. The lowest BCUT2D eigenvalue weighted by molar-refractivity contribution is -0.135. The first kappa shape index (κ1) is 27.4. The molecule has 0 radical (unpaired) electrons. The fraction of sp³-hybridized carbons (Fsp3) is 0.258. The number of carbonyl (C=O) groups is 1. The molecule has 204 valence electrons. The Kier molecular flexibility index (Phi) is 8.34. The normalized spacial score (nSPS) is 13.2. The highest BCUT2D eigenvalue weighted by Crippen LogP contribution is 2.48. The lowest BCUT2D eigenvalue weighted by Gasteiger charge is -2.16. The Morgan fingerprint density at radius 1 is 0.769 bits per heavy atom. The molecule has 0 spiro atoms. The Morgan fingerprint density at radius 2 is 1.33 bits per heavy atom. The lowest BCUT2D eigenvalue weighted by Crippen LogP contribution is -2.01. The molecule has 1 N–H and O–H groups in total. The third-order valence-corrected chi connectivity index (χ3v) is 6.66. The molecular weight excluding hydrogens is 500 g/mol. The van der Waals surface area contributed by atoms with Crippen molar-refractivity contribution in [2.45, 2.75) is 20.0 Å². The van der Waals surface area contributed by atoms with Crippen molar-refractivity contribution in [3.63, 3.8) is 0 Å². The van der Waals surface area contributed by atoms with Crippen LogP contribution in [0.4, 0.5) is 0 Å². The van der Waals surface area contributed by atoms with Crippen LogP contribution in [0.15, 0.2) is 54.1 Å². The van der Waals surface area contributed by atoms with Gasteiger partial charge in [0.2, 0.25) is 5.75 Å². The van der Waals surface area contributed by atoms with Gasteiger partial charge in [-0.1, -0.05) is 12.1 Å². The number of hydrogen-bond donors (Lipinski definition) is 1. The van der Waals surface area contributed by atoms with Crippen LogP contribution in [0.1, 0.15) is 35.6 Å². The Bertz CT molecular complexity index is 1410. The molecule has 0 aromatic heterocycles. The zero-order valence-electron chi connectivity index (χ0n) is 22.9. The summed E-state index contributed by atoms with van der Waals surface area (Å²) in [4.78, 5) is 11.7. The first-order valence-corrected chi connectivity index (χ1v) is 12.3. The van der Waals surface area contributed by atoms with Crippen molar-refractivity contribution in [3.05, 3.63) is 76.4 Å². The summed E-state index contributed by atoms with van der Waals surface area (Å²) in [6.45, 7) is 2.23. The Hall–Kier alpha value is -4.59. The maximum atomic E-state index is 11.7. The average Bonchev–Trinajstić information content (AvgIpc) is 3.19. The predicted octanol–water partition coefficient (Wildman–Crippen LogP) is 6.11. The van der Waals surface area contributed by atoms with E-state index >= 15 is 0 Å². The van der Waals surface area contributed by atoms with Gasteiger partial charge in [0.05, 0.1) is 42.0 Å². The number of carboxylic acids is 1. The molecule has 0 atom stereocenters. The Balaban J connectivity index is 1.76. The standard InChI is InChI=1S/C31H32O8/c1-18-22(24-14-26(35-3)27(36-4)15-25(24)23(18)16-30(32)33)11-20-12-28(37-5)31(29(13-20)38-6)39-17-19-7-9-21(34-2)10-8-19/h7-15H,16-17H2,1-6H3,(H,32,33)/b22-11-. The molecular formula is C31H32O8. The van der Waals surface area contributed by atoms with Crippen LogP contribution in [-0.2, 0) is 11.4 Å². The van der Waals surface area contributed by atoms with E-state index < -0.39 is 5.97 Å². The van der Waals surface area contributed by atoms with Crippen molar-refractivity contribution < 1.29 is 38.3 Å². The molecule has 0 heterocycles. The van der Waals surface area contributed by atoms with Crippen LogP contribution >= 0.6 is 0 Å². The SMILES string of the molecule is COc1ccc(COc2c(OC)cc(/C=C3/C(C)=C(CC(=O)O)c4cc(OC)c(OC)cc43)cc2OC)cc1. The average molecular weight is 533 g/mol. The number of ether oxygens (including phenoxy) is 6. The van der Waals surface area contributed by atoms with Gasteiger partial charge in [-0.05, 0) is 88.4 Å². The van der Waals surface area contributed by atoms with E-state index in [9.17, 15) is 9.90 Å². The van der Waals surface area contributed by atoms with Gasteiger partial charge < -0.3 is 33.5 Å². The van der Waals surface area contributed by atoms with Crippen LogP contribution in [-0.4, -0.2) is 46.6 Å². The molecule has 0 saturated carbocycles. The first-order valence-electron chi connectivity index (χ1n) is 12.3. The van der Waals surface area contributed by atoms with Gasteiger partial charge in [-0.25, -0.2) is 0 Å². The van der Waals surface area contributed by atoms with Gasteiger partial charge in [-0.3, -0.25) is 4.79 Å². The Labute approximate surface area is 228 Å². The van der Waals surface area contributed by atoms with Crippen molar-refractivity contribution in [1.29, 1.82) is 0 Å². The number of methoxy groups -OCH3 is 5. The van der Waals surface area contributed by atoms with Crippen LogP contribution in [0.2, 0.25) is 0 Å². The van der Waals surface area contributed by atoms with Crippen molar-refractivity contribution in [3.8, 4) is 34.5 Å². The minimum absolute atomic E-state index is 0.115. The van der Waals surface area contributed by atoms with Crippen LogP contribution < -0.4 is 28.4 Å². The molecule has 3 aromatic carbocycles. The second-order valence-electron chi connectivity index (χ2n) is 8.88. The second-order valence-corrected chi connectivity index (χ2v) is 8.88. The molecule has 0 fully saturated rings. The lowest BCUT2D eigenvalue weighted by atomic mass is 9.99. The fourth-order valence-electron chi connectivity index (χ4n) is 4.65. The summed E-state index contributed by atoms with van der Waals surface area (Å²) in [7, 11) is 7.90. The zero-order valence-corrected chi connectivity index (χ0v) is 22.9. The number of aliphatic carboxylic acids is 1. The van der Waals surface area contributed by atoms with E-state index in [1.54, 1.807) is 35.5 Å². The van der Waals surface area contributed by atoms with E-state index in [4.69, 9.17) is 28.4 Å². The third kappa shape index (κ3) is 5.65. The van der Waals surface area contributed by atoms with Gasteiger partial charge in [0.25, 0.3) is 0 Å². The number of allylic oxidation sites excluding steroid dienone is 2. The van der Waals surface area contributed by atoms with Gasteiger partial charge in [0, 0.05) is 0 Å². The van der Waals surface area contributed by atoms with E-state index in [1.807, 2.05) is 61.5 Å². The molecule has 0 aliphatic heterocycles. The topological polar surface area (TPSA) is 92.7 Å². The van der Waals surface area contributed by atoms with E-state index in [0.717, 1.165) is 44.7 Å². The number of benzene rings is 3. The second kappa shape index (κ2) is 11.9. The molecule has 0 amide bonds. The smallest absolute Gasteiger partial charge is 0.307 e. The molecule has 0 bridgehead atoms. The van der Waals surface area contributed by atoms with E-state index in [-0.39, 0.29) is 6.42 Å². The molecule has 3 aromatic rings. The number of hydrogen-bond acceptors (Lipinski definition) is 7. The van der Waals surface area contributed by atoms with Crippen LogP contribution in [0.5, 0.6) is 34.5 Å². The minimum Gasteiger partial charge on any atom is -0.497 e. The summed E-state index contributed by atoms with van der Waals surface area (Å²) < 4.78 is 33.7. The maximum Gasteiger partial charge on any atom is 0.307 e. The number of rotatable bonds is 11. The summed E-state index contributed by atoms with van der Waals surface area (Å²) in [5, 5.41) is 9.58. The fourth-order valence-corrected chi connectivity index (χ4v) is 4.65. The molecule has 1 aliphatic carbocycles. The van der Waals surface area contributed by atoms with Crippen LogP contribution in [0.3, 0.4) is 0 Å². The van der Waals surface area contributed by atoms with Crippen LogP contribution in [0.25, 0.3) is 17.2 Å². The first-order chi connectivity index (χ1) is 18.8. The van der Waals surface area contributed by atoms with E-state index in [1.165, 1.54) is 0 Å². The van der Waals surface area contributed by atoms with Crippen molar-refractivity contribution in [2.24, 2.45) is 0 Å². The van der Waals surface area contributed by atoms with E-state index in [2.05, 4.69) is 0 Å². The quantitative estimate of drug-likeness (QED) is 0.316. The maximum absolute atomic E-state index is 11.7. The van der Waals surface area contributed by atoms with Crippen molar-refractivity contribution >= 4 is 23.2 Å². The summed E-state index contributed by atoms with van der Waals surface area (Å²) in [5.74, 6) is 2.45. The molecule has 4 rings (SSSR count). The predicted molar refractivity (Wildman–Crippen MR) is 149 cm³/mol. The summed E-state index contributed by atoms with van der Waals surface area (Å²) in [6.07, 6.45) is 1.86. The van der Waals surface area contributed by atoms with Crippen molar-refractivity contribution in [1.82, 2.24) is 0 Å². The monoisotopic (exact) mass is 532 g/mol. The van der Waals surface area contributed by atoms with Gasteiger partial charge >= 0.3 is 5.97 Å². The molecule has 1 aliphatic rings. The Morgan fingerprint density at radius 3 is 1.85 bits per heavy atom. The molecule has 39 heavy (non-hydrogen) atoms. The largest absolute Gasteiger partial charge is 0.497 e. The van der Waals surface area contributed by atoms with Gasteiger partial charge in [-0.15, -0.1) is 0 Å². The van der Waals surface area contributed by atoms with Crippen molar-refractivity contribution in [2.75, 3.05) is 35.5 Å². The molecule has 8 heteroatoms. The highest BCUT2D eigenvalue weighted by molar-refractivity contribution is 6.08. The highest BCUT2D eigenvalue weighted by Gasteiger charge is 2.28. The molecule has 0 unspecified atom stereocenters. The van der Waals surface area contributed by atoms with Gasteiger partial charge in [-0.2, -0.15) is 0 Å².